The lowest BCUT2D eigenvalue weighted by Crippen LogP contribution is -2.34. The summed E-state index contributed by atoms with van der Waals surface area (Å²) in [6.45, 7) is 6.98. The molecule has 28 heavy (non-hydrogen) atoms. The first kappa shape index (κ1) is 20.0. The maximum absolute atomic E-state index is 12.5. The number of aromatic amines is 1. The molecular weight excluding hydrogens is 376 g/mol. The van der Waals surface area contributed by atoms with Crippen LogP contribution < -0.4 is 10.9 Å². The molecule has 0 spiro atoms. The summed E-state index contributed by atoms with van der Waals surface area (Å²) in [7, 11) is 0. The molecule has 0 radical (unpaired) electrons. The molecule has 0 unspecified atom stereocenters. The van der Waals surface area contributed by atoms with E-state index in [4.69, 9.17) is 11.6 Å². The lowest BCUT2D eigenvalue weighted by molar-refractivity contribution is -0.117. The van der Waals surface area contributed by atoms with E-state index in [0.717, 1.165) is 11.1 Å². The van der Waals surface area contributed by atoms with Crippen LogP contribution in [0.25, 0.3) is 10.9 Å². The van der Waals surface area contributed by atoms with E-state index < -0.39 is 0 Å². The zero-order valence-electron chi connectivity index (χ0n) is 16.2. The van der Waals surface area contributed by atoms with E-state index in [0.29, 0.717) is 40.5 Å². The molecule has 7 heteroatoms. The number of para-hydroxylation sites is 1. The third-order valence-electron chi connectivity index (χ3n) is 4.55. The van der Waals surface area contributed by atoms with Gasteiger partial charge in [-0.05, 0) is 49.7 Å². The molecule has 0 fully saturated rings. The topological polar surface area (TPSA) is 78.1 Å². The zero-order valence-corrected chi connectivity index (χ0v) is 16.9. The van der Waals surface area contributed by atoms with E-state index in [2.05, 4.69) is 15.3 Å². The average molecular weight is 399 g/mol. The Morgan fingerprint density at radius 3 is 2.71 bits per heavy atom. The number of hydrogen-bond acceptors (Lipinski definition) is 4. The van der Waals surface area contributed by atoms with Gasteiger partial charge in [-0.1, -0.05) is 36.7 Å². The number of likely N-dealkylation sites (N-methyl/N-ethyl adjacent to an activating group) is 1. The van der Waals surface area contributed by atoms with Crippen molar-refractivity contribution in [1.29, 1.82) is 0 Å². The number of rotatable bonds is 6. The molecule has 1 aromatic heterocycles. The Kier molecular flexibility index (Phi) is 6.11. The molecule has 6 nitrogen and oxygen atoms in total. The Morgan fingerprint density at radius 1 is 1.25 bits per heavy atom. The summed E-state index contributed by atoms with van der Waals surface area (Å²) >= 11 is 6.27. The van der Waals surface area contributed by atoms with Crippen molar-refractivity contribution in [2.75, 3.05) is 18.4 Å². The van der Waals surface area contributed by atoms with E-state index in [9.17, 15) is 9.59 Å². The van der Waals surface area contributed by atoms with Crippen LogP contribution in [0.15, 0.2) is 41.2 Å². The van der Waals surface area contributed by atoms with Crippen LogP contribution >= 0.6 is 11.6 Å². The number of benzene rings is 2. The van der Waals surface area contributed by atoms with Crippen LogP contribution in [0.2, 0.25) is 5.02 Å². The molecule has 3 rings (SSSR count). The first-order chi connectivity index (χ1) is 13.4. The standard InChI is InChI=1S/C21H23ClN4O2/c1-4-26(11-18-23-17-8-6-5-7-15(17)21(28)24-18)12-19(27)25-20-14(3)9-13(2)10-16(20)22/h5-10H,4,11-12H2,1-3H3,(H,25,27)(H,23,24,28). The Hall–Kier alpha value is -2.70. The Bertz CT molecular complexity index is 1050. The number of amides is 1. The van der Waals surface area contributed by atoms with Gasteiger partial charge in [-0.25, -0.2) is 4.98 Å². The molecule has 0 aliphatic rings. The number of H-pyrrole nitrogens is 1. The predicted octanol–water partition coefficient (Wildman–Crippen LogP) is 3.65. The lowest BCUT2D eigenvalue weighted by atomic mass is 10.1. The Morgan fingerprint density at radius 2 is 2.00 bits per heavy atom. The Labute approximate surface area is 168 Å². The molecule has 0 aliphatic carbocycles. The van der Waals surface area contributed by atoms with E-state index >= 15 is 0 Å². The highest BCUT2D eigenvalue weighted by atomic mass is 35.5. The fraction of sp³-hybridized carbons (Fsp3) is 0.286. The molecule has 0 atom stereocenters. The number of nitrogens with one attached hydrogen (secondary N) is 2. The second-order valence-corrected chi connectivity index (χ2v) is 7.23. The second-order valence-electron chi connectivity index (χ2n) is 6.82. The normalized spacial score (nSPS) is 11.2. The van der Waals surface area contributed by atoms with Crippen molar-refractivity contribution in [3.05, 3.63) is 68.7 Å². The van der Waals surface area contributed by atoms with Gasteiger partial charge >= 0.3 is 0 Å². The fourth-order valence-electron chi connectivity index (χ4n) is 3.16. The number of halogens is 1. The zero-order chi connectivity index (χ0) is 20.3. The van der Waals surface area contributed by atoms with Crippen LogP contribution in [0.4, 0.5) is 5.69 Å². The highest BCUT2D eigenvalue weighted by Crippen LogP contribution is 2.27. The first-order valence-corrected chi connectivity index (χ1v) is 9.52. The molecule has 3 aromatic rings. The molecular formula is C21H23ClN4O2. The summed E-state index contributed by atoms with van der Waals surface area (Å²) in [6, 6.07) is 11.0. The molecule has 0 aliphatic heterocycles. The minimum atomic E-state index is -0.178. The van der Waals surface area contributed by atoms with Crippen molar-refractivity contribution < 1.29 is 4.79 Å². The second kappa shape index (κ2) is 8.54. The van der Waals surface area contributed by atoms with Crippen LogP contribution in [0.3, 0.4) is 0 Å². The van der Waals surface area contributed by atoms with Crippen molar-refractivity contribution in [3.8, 4) is 0 Å². The summed E-state index contributed by atoms with van der Waals surface area (Å²) in [5.41, 5.74) is 3.06. The third-order valence-corrected chi connectivity index (χ3v) is 4.84. The number of anilines is 1. The summed E-state index contributed by atoms with van der Waals surface area (Å²) in [4.78, 5) is 34.0. The molecule has 0 bridgehead atoms. The smallest absolute Gasteiger partial charge is 0.258 e. The van der Waals surface area contributed by atoms with Gasteiger partial charge in [-0.3, -0.25) is 14.5 Å². The van der Waals surface area contributed by atoms with Gasteiger partial charge in [0.25, 0.3) is 5.56 Å². The van der Waals surface area contributed by atoms with E-state index in [1.807, 2.05) is 43.9 Å². The average Bonchev–Trinajstić information content (AvgIpc) is 2.64. The van der Waals surface area contributed by atoms with Crippen LogP contribution in [-0.2, 0) is 11.3 Å². The number of aromatic nitrogens is 2. The monoisotopic (exact) mass is 398 g/mol. The van der Waals surface area contributed by atoms with Crippen molar-refractivity contribution in [3.63, 3.8) is 0 Å². The van der Waals surface area contributed by atoms with Gasteiger partial charge in [0.05, 0.1) is 34.7 Å². The molecule has 2 aromatic carbocycles. The maximum Gasteiger partial charge on any atom is 0.258 e. The van der Waals surface area contributed by atoms with Gasteiger partial charge in [-0.2, -0.15) is 0 Å². The summed E-state index contributed by atoms with van der Waals surface area (Å²) in [5.74, 6) is 0.363. The number of fused-ring (bicyclic) bond motifs is 1. The minimum absolute atomic E-state index is 0.163. The third kappa shape index (κ3) is 4.58. The number of hydrogen-bond donors (Lipinski definition) is 2. The van der Waals surface area contributed by atoms with Gasteiger partial charge in [0, 0.05) is 0 Å². The predicted molar refractivity (Wildman–Crippen MR) is 113 cm³/mol. The SMILES string of the molecule is CCN(CC(=O)Nc1c(C)cc(C)cc1Cl)Cc1nc2ccccc2c(=O)[nH]1. The lowest BCUT2D eigenvalue weighted by Gasteiger charge is -2.20. The van der Waals surface area contributed by atoms with Crippen molar-refractivity contribution in [2.45, 2.75) is 27.3 Å². The highest BCUT2D eigenvalue weighted by molar-refractivity contribution is 6.34. The summed E-state index contributed by atoms with van der Waals surface area (Å²) in [5, 5.41) is 3.97. The van der Waals surface area contributed by atoms with Crippen LogP contribution in [0.1, 0.15) is 23.9 Å². The number of aryl methyl sites for hydroxylation is 2. The van der Waals surface area contributed by atoms with Gasteiger partial charge in [0.2, 0.25) is 5.91 Å². The van der Waals surface area contributed by atoms with E-state index in [1.54, 1.807) is 18.2 Å². The summed E-state index contributed by atoms with van der Waals surface area (Å²) in [6.07, 6.45) is 0. The largest absolute Gasteiger partial charge is 0.323 e. The molecule has 0 saturated heterocycles. The van der Waals surface area contributed by atoms with Crippen LogP contribution in [0, 0.1) is 13.8 Å². The van der Waals surface area contributed by atoms with Crippen molar-refractivity contribution >= 4 is 34.1 Å². The van der Waals surface area contributed by atoms with Crippen LogP contribution in [0.5, 0.6) is 0 Å². The first-order valence-electron chi connectivity index (χ1n) is 9.14. The Balaban J connectivity index is 1.72. The number of carbonyl (C=O) groups excluding carboxylic acids is 1. The molecule has 2 N–H and O–H groups in total. The van der Waals surface area contributed by atoms with Gasteiger partial charge < -0.3 is 10.3 Å². The van der Waals surface area contributed by atoms with E-state index in [-0.39, 0.29) is 18.0 Å². The van der Waals surface area contributed by atoms with Gasteiger partial charge in [0.15, 0.2) is 0 Å². The van der Waals surface area contributed by atoms with Crippen LogP contribution in [-0.4, -0.2) is 33.9 Å². The maximum atomic E-state index is 12.5. The van der Waals surface area contributed by atoms with E-state index in [1.165, 1.54) is 0 Å². The quantitative estimate of drug-likeness (QED) is 0.664. The molecule has 1 heterocycles. The summed E-state index contributed by atoms with van der Waals surface area (Å²) < 4.78 is 0. The van der Waals surface area contributed by atoms with Gasteiger partial charge in [0.1, 0.15) is 5.82 Å². The fourth-order valence-corrected chi connectivity index (χ4v) is 3.53. The number of nitrogens with zero attached hydrogens (tertiary/aromatic N) is 2. The molecule has 1 amide bonds. The number of carbonyl (C=O) groups is 1. The minimum Gasteiger partial charge on any atom is -0.323 e. The molecule has 0 saturated carbocycles. The van der Waals surface area contributed by atoms with Crippen molar-refractivity contribution in [1.82, 2.24) is 14.9 Å². The van der Waals surface area contributed by atoms with Gasteiger partial charge in [-0.15, -0.1) is 0 Å². The molecule has 146 valence electrons. The highest BCUT2D eigenvalue weighted by Gasteiger charge is 2.14. The van der Waals surface area contributed by atoms with Crippen molar-refractivity contribution in [2.24, 2.45) is 0 Å².